The molecule has 3 heteroatoms. The summed E-state index contributed by atoms with van der Waals surface area (Å²) in [4.78, 5) is 10.5. The van der Waals surface area contributed by atoms with Crippen molar-refractivity contribution in [1.29, 1.82) is 0 Å². The predicted molar refractivity (Wildman–Crippen MR) is 43.3 cm³/mol. The van der Waals surface area contributed by atoms with E-state index in [4.69, 9.17) is 0 Å². The molecule has 0 N–H and O–H groups in total. The fraction of sp³-hybridized carbons (Fsp3) is 0.556. The Kier molecular flexibility index (Phi) is 1.23. The molecule has 1 aromatic heterocycles. The van der Waals surface area contributed by atoms with E-state index >= 15 is 0 Å². The third-order valence-corrected chi connectivity index (χ3v) is 2.83. The summed E-state index contributed by atoms with van der Waals surface area (Å²) in [6.07, 6.45) is 7.03. The highest BCUT2D eigenvalue weighted by Crippen LogP contribution is 2.43. The van der Waals surface area contributed by atoms with Gasteiger partial charge >= 0.3 is 0 Å². The topological polar surface area (TPSA) is 28.8 Å². The molecular weight excluding hydrogens is 150 g/mol. The molecule has 2 aliphatic heterocycles. The van der Waals surface area contributed by atoms with E-state index < -0.39 is 0 Å². The molecule has 3 atom stereocenters. The number of piperidine rings is 1. The van der Waals surface area contributed by atoms with Crippen molar-refractivity contribution in [2.45, 2.75) is 24.9 Å². The maximum Gasteiger partial charge on any atom is 0.197 e. The summed E-state index contributed by atoms with van der Waals surface area (Å²) >= 11 is 0. The van der Waals surface area contributed by atoms with Crippen molar-refractivity contribution in [2.75, 3.05) is 6.54 Å². The quantitative estimate of drug-likeness (QED) is 0.569. The maximum absolute atomic E-state index is 4.16. The van der Waals surface area contributed by atoms with Gasteiger partial charge in [0.1, 0.15) is 0 Å². The van der Waals surface area contributed by atoms with Gasteiger partial charge in [-0.1, -0.05) is 0 Å². The van der Waals surface area contributed by atoms with E-state index in [1.165, 1.54) is 19.4 Å². The van der Waals surface area contributed by atoms with Crippen molar-refractivity contribution in [3.8, 4) is 0 Å². The molecule has 3 rings (SSSR count). The monoisotopic (exact) mass is 160 g/mol. The van der Waals surface area contributed by atoms with Gasteiger partial charge < -0.3 is 0 Å². The van der Waals surface area contributed by atoms with E-state index in [-0.39, 0.29) is 0 Å². The van der Waals surface area contributed by atoms with Crippen LogP contribution in [0.2, 0.25) is 0 Å². The van der Waals surface area contributed by atoms with Crippen LogP contribution in [0.3, 0.4) is 0 Å². The number of fused-ring (bicyclic) bond motifs is 1. The minimum Gasteiger partial charge on any atom is -0.289 e. The van der Waals surface area contributed by atoms with Crippen LogP contribution < -0.4 is 0 Å². The van der Waals surface area contributed by atoms with Gasteiger partial charge in [-0.3, -0.25) is 4.90 Å². The summed E-state index contributed by atoms with van der Waals surface area (Å²) in [5, 5.41) is 0. The summed E-state index contributed by atoms with van der Waals surface area (Å²) in [7, 11) is 0. The Bertz CT molecular complexity index is 285. The Hall–Kier alpha value is -0.960. The lowest BCUT2D eigenvalue weighted by atomic mass is 10.1. The Labute approximate surface area is 71.4 Å². The van der Waals surface area contributed by atoms with Gasteiger partial charge in [0.25, 0.3) is 0 Å². The lowest BCUT2D eigenvalue weighted by Gasteiger charge is -2.10. The highest BCUT2D eigenvalue weighted by atomic mass is 15.4. The van der Waals surface area contributed by atoms with Crippen LogP contribution >= 0.6 is 0 Å². The molecule has 2 fully saturated rings. The first kappa shape index (κ1) is 6.54. The third kappa shape index (κ3) is 0.862. The molecule has 0 aliphatic carbocycles. The lowest BCUT2D eigenvalue weighted by Crippen LogP contribution is -2.07. The summed E-state index contributed by atoms with van der Waals surface area (Å²) < 4.78 is 0. The molecule has 12 heavy (non-hydrogen) atoms. The second kappa shape index (κ2) is 2.26. The van der Waals surface area contributed by atoms with Crippen LogP contribution in [0.25, 0.3) is 0 Å². The number of hydrogen-bond acceptors (Lipinski definition) is 3. The number of nitrogens with zero attached hydrogens (tertiary/aromatic N) is 3. The van der Waals surface area contributed by atoms with Crippen LogP contribution in [-0.4, -0.2) is 27.5 Å². The molecule has 2 aliphatic rings. The van der Waals surface area contributed by atoms with Crippen LogP contribution in [0.15, 0.2) is 12.3 Å². The number of rotatable bonds is 1. The Morgan fingerprint density at radius 1 is 1.50 bits per heavy atom. The fourth-order valence-electron chi connectivity index (χ4n) is 2.13. The van der Waals surface area contributed by atoms with E-state index in [2.05, 4.69) is 21.2 Å². The predicted octanol–water partition coefficient (Wildman–Crippen LogP) is 0.796. The standard InChI is InChI=1S/C9H10N3/c1-2-9(12-5-7(1)12)8-3-4-10-6-11-8/h3-4,7,9H,1-2,5H2. The molecular formula is C9H10N3. The molecule has 1 radical (unpaired) electrons. The molecule has 0 amide bonds. The molecule has 3 unspecified atom stereocenters. The van der Waals surface area contributed by atoms with Gasteiger partial charge in [0, 0.05) is 18.8 Å². The van der Waals surface area contributed by atoms with Crippen molar-refractivity contribution in [2.24, 2.45) is 0 Å². The zero-order valence-electron chi connectivity index (χ0n) is 6.77. The van der Waals surface area contributed by atoms with Crippen LogP contribution in [0.4, 0.5) is 0 Å². The minimum absolute atomic E-state index is 0.564. The van der Waals surface area contributed by atoms with Gasteiger partial charge in [-0.2, -0.15) is 0 Å². The molecule has 0 spiro atoms. The van der Waals surface area contributed by atoms with Crippen molar-refractivity contribution in [3.63, 3.8) is 0 Å². The van der Waals surface area contributed by atoms with E-state index in [9.17, 15) is 0 Å². The van der Waals surface area contributed by atoms with E-state index in [1.54, 1.807) is 6.20 Å². The zero-order chi connectivity index (χ0) is 7.97. The average molecular weight is 160 g/mol. The first-order valence-electron chi connectivity index (χ1n) is 4.40. The molecule has 0 saturated carbocycles. The largest absolute Gasteiger partial charge is 0.289 e. The first-order chi connectivity index (χ1) is 5.95. The van der Waals surface area contributed by atoms with Gasteiger partial charge in [-0.05, 0) is 18.9 Å². The Balaban J connectivity index is 1.89. The number of hydrogen-bond donors (Lipinski definition) is 0. The van der Waals surface area contributed by atoms with Crippen LogP contribution in [0.5, 0.6) is 0 Å². The van der Waals surface area contributed by atoms with Crippen LogP contribution in [0, 0.1) is 6.33 Å². The average Bonchev–Trinajstić information content (AvgIpc) is 2.80. The molecule has 1 aromatic rings. The third-order valence-electron chi connectivity index (χ3n) is 2.83. The molecule has 2 saturated heterocycles. The second-order valence-corrected chi connectivity index (χ2v) is 3.53. The zero-order valence-corrected chi connectivity index (χ0v) is 6.77. The van der Waals surface area contributed by atoms with Gasteiger partial charge in [0.15, 0.2) is 6.33 Å². The molecule has 0 bridgehead atoms. The van der Waals surface area contributed by atoms with Crippen molar-refractivity contribution < 1.29 is 0 Å². The summed E-state index contributed by atoms with van der Waals surface area (Å²) in [6.45, 7) is 1.27. The van der Waals surface area contributed by atoms with E-state index in [1.807, 2.05) is 6.07 Å². The molecule has 0 aromatic carbocycles. The summed E-state index contributed by atoms with van der Waals surface area (Å²) in [6, 6.07) is 3.43. The van der Waals surface area contributed by atoms with Crippen LogP contribution in [0.1, 0.15) is 24.6 Å². The van der Waals surface area contributed by atoms with Crippen molar-refractivity contribution in [1.82, 2.24) is 14.9 Å². The van der Waals surface area contributed by atoms with Crippen LogP contribution in [-0.2, 0) is 0 Å². The first-order valence-corrected chi connectivity index (χ1v) is 4.40. The van der Waals surface area contributed by atoms with Gasteiger partial charge in [-0.15, -0.1) is 0 Å². The van der Waals surface area contributed by atoms with Crippen molar-refractivity contribution in [3.05, 3.63) is 24.3 Å². The normalized spacial score (nSPS) is 37.8. The highest BCUT2D eigenvalue weighted by Gasteiger charge is 2.46. The molecule has 3 heterocycles. The fourth-order valence-corrected chi connectivity index (χ4v) is 2.13. The lowest BCUT2D eigenvalue weighted by molar-refractivity contribution is 0.429. The van der Waals surface area contributed by atoms with E-state index in [0.29, 0.717) is 6.04 Å². The van der Waals surface area contributed by atoms with Crippen molar-refractivity contribution >= 4 is 0 Å². The highest BCUT2D eigenvalue weighted by molar-refractivity contribution is 5.13. The van der Waals surface area contributed by atoms with Gasteiger partial charge in [0.05, 0.1) is 11.7 Å². The van der Waals surface area contributed by atoms with Gasteiger partial charge in [-0.25, -0.2) is 9.97 Å². The molecule has 61 valence electrons. The Morgan fingerprint density at radius 2 is 2.50 bits per heavy atom. The minimum atomic E-state index is 0.564. The summed E-state index contributed by atoms with van der Waals surface area (Å²) in [5.74, 6) is 0. The SMILES string of the molecule is [c]1nccc(C2CCC3CN32)n1. The molecule has 3 nitrogen and oxygen atoms in total. The van der Waals surface area contributed by atoms with E-state index in [0.717, 1.165) is 11.7 Å². The number of aromatic nitrogens is 2. The van der Waals surface area contributed by atoms with Gasteiger partial charge in [0.2, 0.25) is 0 Å². The Morgan fingerprint density at radius 3 is 3.08 bits per heavy atom. The second-order valence-electron chi connectivity index (χ2n) is 3.53. The smallest absolute Gasteiger partial charge is 0.197 e. The maximum atomic E-state index is 4.16. The summed E-state index contributed by atoms with van der Waals surface area (Å²) in [5.41, 5.74) is 1.14.